The van der Waals surface area contributed by atoms with Crippen molar-refractivity contribution in [3.8, 4) is 0 Å². The van der Waals surface area contributed by atoms with E-state index in [4.69, 9.17) is 5.11 Å². The molecule has 1 aliphatic rings. The lowest BCUT2D eigenvalue weighted by molar-refractivity contribution is 0.154. The Morgan fingerprint density at radius 3 is 2.58 bits per heavy atom. The van der Waals surface area contributed by atoms with Gasteiger partial charge in [0.25, 0.3) is 0 Å². The Hall–Kier alpha value is -1.51. The van der Waals surface area contributed by atoms with E-state index in [2.05, 4.69) is 33.2 Å². The summed E-state index contributed by atoms with van der Waals surface area (Å²) in [5.41, 5.74) is 0.714. The minimum Gasteiger partial charge on any atom is -0.465 e. The maximum Gasteiger partial charge on any atom is 0.407 e. The first-order valence-electron chi connectivity index (χ1n) is 5.85. The maximum absolute atomic E-state index is 11.7. The number of carbonyl (C=O) groups is 2. The minimum atomic E-state index is -0.942. The zero-order chi connectivity index (χ0) is 13.8. The summed E-state index contributed by atoms with van der Waals surface area (Å²) in [7, 11) is 0. The van der Waals surface area contributed by atoms with Crippen LogP contribution in [0.1, 0.15) is 6.42 Å². The van der Waals surface area contributed by atoms with Crippen molar-refractivity contribution in [1.29, 1.82) is 0 Å². The average molecular weight is 375 g/mol. The Morgan fingerprint density at radius 1 is 1.32 bits per heavy atom. The number of hydrogen-bond acceptors (Lipinski definition) is 2. The number of halogens is 1. The monoisotopic (exact) mass is 375 g/mol. The van der Waals surface area contributed by atoms with Gasteiger partial charge in [-0.05, 0) is 53.3 Å². The van der Waals surface area contributed by atoms with Crippen LogP contribution in [-0.2, 0) is 0 Å². The summed E-state index contributed by atoms with van der Waals surface area (Å²) in [5, 5.41) is 14.3. The Bertz CT molecular complexity index is 478. The number of amides is 3. The first kappa shape index (κ1) is 13.9. The maximum atomic E-state index is 11.7. The molecule has 0 radical (unpaired) electrons. The number of nitrogens with one attached hydrogen (secondary N) is 2. The lowest BCUT2D eigenvalue weighted by Gasteiger charge is -2.14. The molecule has 1 aromatic rings. The second kappa shape index (κ2) is 6.09. The molecule has 0 bridgehead atoms. The number of rotatable bonds is 2. The van der Waals surface area contributed by atoms with Crippen LogP contribution < -0.4 is 10.6 Å². The summed E-state index contributed by atoms with van der Waals surface area (Å²) in [5.74, 6) is 0. The SMILES string of the molecule is O=C(Nc1ccc(I)cc1)N[C@H]1CCN(C(=O)O)C1. The fourth-order valence-electron chi connectivity index (χ4n) is 1.94. The van der Waals surface area contributed by atoms with Gasteiger partial charge in [0.05, 0.1) is 0 Å². The van der Waals surface area contributed by atoms with Crippen LogP contribution >= 0.6 is 22.6 Å². The van der Waals surface area contributed by atoms with E-state index in [1.54, 1.807) is 0 Å². The van der Waals surface area contributed by atoms with Gasteiger partial charge in [0, 0.05) is 28.4 Å². The highest BCUT2D eigenvalue weighted by Crippen LogP contribution is 2.12. The van der Waals surface area contributed by atoms with Crippen molar-refractivity contribution < 1.29 is 14.7 Å². The highest BCUT2D eigenvalue weighted by Gasteiger charge is 2.26. The lowest BCUT2D eigenvalue weighted by atomic mass is 10.3. The molecule has 1 saturated heterocycles. The van der Waals surface area contributed by atoms with Gasteiger partial charge in [-0.3, -0.25) is 0 Å². The minimum absolute atomic E-state index is 0.125. The predicted octanol–water partition coefficient (Wildman–Crippen LogP) is 2.17. The number of likely N-dealkylation sites (tertiary alicyclic amines) is 1. The lowest BCUT2D eigenvalue weighted by Crippen LogP contribution is -2.40. The van der Waals surface area contributed by atoms with Crippen LogP contribution in [-0.4, -0.2) is 41.3 Å². The van der Waals surface area contributed by atoms with Gasteiger partial charge in [-0.1, -0.05) is 0 Å². The van der Waals surface area contributed by atoms with Crippen molar-refractivity contribution in [2.45, 2.75) is 12.5 Å². The highest BCUT2D eigenvalue weighted by molar-refractivity contribution is 14.1. The second-order valence-corrected chi connectivity index (χ2v) is 5.57. The van der Waals surface area contributed by atoms with Crippen LogP contribution in [0.5, 0.6) is 0 Å². The summed E-state index contributed by atoms with van der Waals surface area (Å²) in [4.78, 5) is 23.8. The topological polar surface area (TPSA) is 81.7 Å². The van der Waals surface area contributed by atoms with E-state index in [0.717, 1.165) is 3.57 Å². The van der Waals surface area contributed by atoms with E-state index in [-0.39, 0.29) is 12.1 Å². The first-order chi connectivity index (χ1) is 9.04. The third-order valence-electron chi connectivity index (χ3n) is 2.90. The van der Waals surface area contributed by atoms with Gasteiger partial charge in [0.1, 0.15) is 0 Å². The molecule has 2 rings (SSSR count). The first-order valence-corrected chi connectivity index (χ1v) is 6.93. The van der Waals surface area contributed by atoms with Gasteiger partial charge in [0.15, 0.2) is 0 Å². The van der Waals surface area contributed by atoms with Gasteiger partial charge in [-0.2, -0.15) is 0 Å². The zero-order valence-corrected chi connectivity index (χ0v) is 12.3. The molecule has 0 saturated carbocycles. The Balaban J connectivity index is 1.82. The summed E-state index contributed by atoms with van der Waals surface area (Å²) in [6.07, 6.45) is -0.297. The van der Waals surface area contributed by atoms with Crippen LogP contribution in [0.4, 0.5) is 15.3 Å². The van der Waals surface area contributed by atoms with Gasteiger partial charge in [-0.15, -0.1) is 0 Å². The van der Waals surface area contributed by atoms with E-state index in [0.29, 0.717) is 25.2 Å². The highest BCUT2D eigenvalue weighted by atomic mass is 127. The molecule has 19 heavy (non-hydrogen) atoms. The molecule has 1 fully saturated rings. The number of anilines is 1. The molecular weight excluding hydrogens is 361 g/mol. The van der Waals surface area contributed by atoms with Crippen LogP contribution in [0.15, 0.2) is 24.3 Å². The van der Waals surface area contributed by atoms with Crippen molar-refractivity contribution in [2.75, 3.05) is 18.4 Å². The molecule has 1 aliphatic heterocycles. The van der Waals surface area contributed by atoms with Crippen LogP contribution in [0.25, 0.3) is 0 Å². The molecule has 0 aromatic heterocycles. The number of urea groups is 1. The summed E-state index contributed by atoms with van der Waals surface area (Å²) >= 11 is 2.19. The number of nitrogens with zero attached hydrogens (tertiary/aromatic N) is 1. The molecule has 1 aromatic carbocycles. The van der Waals surface area contributed by atoms with E-state index in [9.17, 15) is 9.59 Å². The molecule has 102 valence electrons. The van der Waals surface area contributed by atoms with Crippen LogP contribution in [0.3, 0.4) is 0 Å². The van der Waals surface area contributed by atoms with E-state index in [1.807, 2.05) is 24.3 Å². The standard InChI is InChI=1S/C12H14IN3O3/c13-8-1-3-9(4-2-8)14-11(17)15-10-5-6-16(7-10)12(18)19/h1-4,10H,5-7H2,(H,18,19)(H2,14,15,17)/t10-/m0/s1. The number of hydrogen-bond donors (Lipinski definition) is 3. The van der Waals surface area contributed by atoms with Crippen molar-refractivity contribution in [2.24, 2.45) is 0 Å². The Kier molecular flexibility index (Phi) is 4.46. The summed E-state index contributed by atoms with van der Waals surface area (Å²) in [6, 6.07) is 7.01. The fraction of sp³-hybridized carbons (Fsp3) is 0.333. The smallest absolute Gasteiger partial charge is 0.407 e. The molecule has 0 spiro atoms. The van der Waals surface area contributed by atoms with Crippen LogP contribution in [0, 0.1) is 3.57 Å². The quantitative estimate of drug-likeness (QED) is 0.693. The summed E-state index contributed by atoms with van der Waals surface area (Å²) in [6.45, 7) is 0.805. The van der Waals surface area contributed by atoms with E-state index >= 15 is 0 Å². The number of carbonyl (C=O) groups excluding carboxylic acids is 1. The molecule has 0 unspecified atom stereocenters. The van der Waals surface area contributed by atoms with E-state index < -0.39 is 6.09 Å². The van der Waals surface area contributed by atoms with Gasteiger partial charge in [-0.25, -0.2) is 9.59 Å². The molecule has 3 amide bonds. The average Bonchev–Trinajstić information content (AvgIpc) is 2.80. The number of carboxylic acid groups (broad SMARTS) is 1. The number of benzene rings is 1. The molecule has 1 heterocycles. The molecular formula is C12H14IN3O3. The van der Waals surface area contributed by atoms with Crippen molar-refractivity contribution in [3.63, 3.8) is 0 Å². The van der Waals surface area contributed by atoms with Gasteiger partial charge >= 0.3 is 12.1 Å². The second-order valence-electron chi connectivity index (χ2n) is 4.32. The molecule has 1 atom stereocenters. The molecule has 7 heteroatoms. The van der Waals surface area contributed by atoms with Crippen molar-refractivity contribution >= 4 is 40.4 Å². The normalized spacial score (nSPS) is 18.2. The fourth-order valence-corrected chi connectivity index (χ4v) is 2.30. The molecule has 0 aliphatic carbocycles. The largest absolute Gasteiger partial charge is 0.465 e. The van der Waals surface area contributed by atoms with Crippen molar-refractivity contribution in [1.82, 2.24) is 10.2 Å². The van der Waals surface area contributed by atoms with Gasteiger partial charge in [0.2, 0.25) is 0 Å². The van der Waals surface area contributed by atoms with Crippen molar-refractivity contribution in [3.05, 3.63) is 27.8 Å². The third kappa shape index (κ3) is 3.98. The third-order valence-corrected chi connectivity index (χ3v) is 3.62. The molecule has 3 N–H and O–H groups in total. The molecule has 6 nitrogen and oxygen atoms in total. The predicted molar refractivity (Wildman–Crippen MR) is 79.3 cm³/mol. The van der Waals surface area contributed by atoms with E-state index in [1.165, 1.54) is 4.90 Å². The Labute approximate surface area is 124 Å². The van der Waals surface area contributed by atoms with Crippen LogP contribution in [0.2, 0.25) is 0 Å². The summed E-state index contributed by atoms with van der Waals surface area (Å²) < 4.78 is 1.09. The van der Waals surface area contributed by atoms with Gasteiger partial charge < -0.3 is 20.6 Å². The zero-order valence-electron chi connectivity index (χ0n) is 10.1. The Morgan fingerprint density at radius 2 is 2.00 bits per heavy atom.